The van der Waals surface area contributed by atoms with Gasteiger partial charge in [-0.05, 0) is 30.5 Å². The minimum absolute atomic E-state index is 0.0713. The number of hydrogen-bond acceptors (Lipinski definition) is 3. The molecule has 0 spiro atoms. The molecular formula is C14H19NO3. The van der Waals surface area contributed by atoms with Crippen LogP contribution in [-0.2, 0) is 11.2 Å². The third kappa shape index (κ3) is 3.23. The summed E-state index contributed by atoms with van der Waals surface area (Å²) in [5.41, 5.74) is 0.944. The molecule has 1 N–H and O–H groups in total. The van der Waals surface area contributed by atoms with Crippen LogP contribution in [0.3, 0.4) is 0 Å². The Morgan fingerprint density at radius 1 is 1.56 bits per heavy atom. The van der Waals surface area contributed by atoms with Crippen LogP contribution in [0.1, 0.15) is 18.4 Å². The Labute approximate surface area is 107 Å². The third-order valence-electron chi connectivity index (χ3n) is 3.24. The molecule has 1 amide bonds. The first kappa shape index (κ1) is 12.9. The number of aliphatic hydroxyl groups excluding tert-OH is 1. The van der Waals surface area contributed by atoms with Gasteiger partial charge in [0.05, 0.1) is 19.6 Å². The fourth-order valence-electron chi connectivity index (χ4n) is 2.25. The molecule has 2 rings (SSSR count). The molecule has 1 heterocycles. The summed E-state index contributed by atoms with van der Waals surface area (Å²) in [6, 6.07) is 7.53. The Morgan fingerprint density at radius 3 is 3.11 bits per heavy atom. The van der Waals surface area contributed by atoms with Crippen molar-refractivity contribution in [2.45, 2.75) is 25.4 Å². The Balaban J connectivity index is 1.97. The number of rotatable bonds is 3. The summed E-state index contributed by atoms with van der Waals surface area (Å²) in [4.78, 5) is 13.8. The molecule has 18 heavy (non-hydrogen) atoms. The van der Waals surface area contributed by atoms with Crippen LogP contribution in [0.4, 0.5) is 0 Å². The second-order valence-corrected chi connectivity index (χ2v) is 4.66. The first-order valence-corrected chi connectivity index (χ1v) is 6.28. The van der Waals surface area contributed by atoms with E-state index in [1.807, 2.05) is 24.3 Å². The summed E-state index contributed by atoms with van der Waals surface area (Å²) in [7, 11) is 1.61. The summed E-state index contributed by atoms with van der Waals surface area (Å²) in [6.45, 7) is 1.21. The molecule has 0 saturated carbocycles. The van der Waals surface area contributed by atoms with Crippen LogP contribution >= 0.6 is 0 Å². The number of methoxy groups -OCH3 is 1. The number of aliphatic hydroxyl groups is 1. The number of carbonyl (C=O) groups is 1. The standard InChI is InChI=1S/C14H19NO3/c1-18-13-6-2-4-11(8-13)9-14(17)15-7-3-5-12(16)10-15/h2,4,6,8,12,16H,3,5,7,9-10H2,1H3. The van der Waals surface area contributed by atoms with Crippen molar-refractivity contribution >= 4 is 5.91 Å². The van der Waals surface area contributed by atoms with Crippen LogP contribution in [0.25, 0.3) is 0 Å². The van der Waals surface area contributed by atoms with Gasteiger partial charge in [-0.15, -0.1) is 0 Å². The molecule has 1 fully saturated rings. The van der Waals surface area contributed by atoms with E-state index in [0.29, 0.717) is 13.0 Å². The zero-order valence-corrected chi connectivity index (χ0v) is 10.6. The molecule has 4 heteroatoms. The van der Waals surface area contributed by atoms with Crippen molar-refractivity contribution in [2.75, 3.05) is 20.2 Å². The fourth-order valence-corrected chi connectivity index (χ4v) is 2.25. The molecule has 1 saturated heterocycles. The van der Waals surface area contributed by atoms with Crippen LogP contribution in [0.2, 0.25) is 0 Å². The number of benzene rings is 1. The molecule has 0 aliphatic carbocycles. The van der Waals surface area contributed by atoms with E-state index < -0.39 is 0 Å². The van der Waals surface area contributed by atoms with Crippen LogP contribution < -0.4 is 4.74 Å². The van der Waals surface area contributed by atoms with Gasteiger partial charge in [-0.3, -0.25) is 4.79 Å². The number of likely N-dealkylation sites (tertiary alicyclic amines) is 1. The monoisotopic (exact) mass is 249 g/mol. The molecule has 0 radical (unpaired) electrons. The van der Waals surface area contributed by atoms with Crippen molar-refractivity contribution in [3.8, 4) is 5.75 Å². The maximum absolute atomic E-state index is 12.1. The lowest BCUT2D eigenvalue weighted by Gasteiger charge is -2.30. The second-order valence-electron chi connectivity index (χ2n) is 4.66. The number of β-amino-alcohol motifs (C(OH)–C–C–N with tert-alkyl or cyclic N) is 1. The van der Waals surface area contributed by atoms with Gasteiger partial charge in [0, 0.05) is 13.1 Å². The van der Waals surface area contributed by atoms with Crippen molar-refractivity contribution in [3.05, 3.63) is 29.8 Å². The lowest BCUT2D eigenvalue weighted by Crippen LogP contribution is -2.42. The Hall–Kier alpha value is -1.55. The highest BCUT2D eigenvalue weighted by atomic mass is 16.5. The summed E-state index contributed by atoms with van der Waals surface area (Å²) in [5, 5.41) is 9.56. The molecule has 1 aliphatic heterocycles. The van der Waals surface area contributed by atoms with Crippen molar-refractivity contribution in [1.29, 1.82) is 0 Å². The SMILES string of the molecule is COc1cccc(CC(=O)N2CCCC(O)C2)c1. The normalized spacial score (nSPS) is 19.7. The smallest absolute Gasteiger partial charge is 0.227 e. The predicted molar refractivity (Wildman–Crippen MR) is 68.5 cm³/mol. The maximum Gasteiger partial charge on any atom is 0.227 e. The van der Waals surface area contributed by atoms with Gasteiger partial charge in [0.15, 0.2) is 0 Å². The highest BCUT2D eigenvalue weighted by Gasteiger charge is 2.21. The summed E-state index contributed by atoms with van der Waals surface area (Å²) in [5.74, 6) is 0.834. The molecule has 4 nitrogen and oxygen atoms in total. The lowest BCUT2D eigenvalue weighted by atomic mass is 10.1. The molecule has 1 aliphatic rings. The predicted octanol–water partition coefficient (Wildman–Crippen LogP) is 1.22. The highest BCUT2D eigenvalue weighted by molar-refractivity contribution is 5.79. The number of hydrogen-bond donors (Lipinski definition) is 1. The van der Waals surface area contributed by atoms with E-state index >= 15 is 0 Å². The van der Waals surface area contributed by atoms with E-state index in [1.165, 1.54) is 0 Å². The van der Waals surface area contributed by atoms with E-state index in [0.717, 1.165) is 30.7 Å². The zero-order valence-electron chi connectivity index (χ0n) is 10.6. The van der Waals surface area contributed by atoms with Crippen molar-refractivity contribution in [1.82, 2.24) is 4.90 Å². The van der Waals surface area contributed by atoms with Gasteiger partial charge in [-0.2, -0.15) is 0 Å². The zero-order chi connectivity index (χ0) is 13.0. The first-order valence-electron chi connectivity index (χ1n) is 6.28. The van der Waals surface area contributed by atoms with Crippen molar-refractivity contribution in [3.63, 3.8) is 0 Å². The largest absolute Gasteiger partial charge is 0.497 e. The molecule has 1 aromatic carbocycles. The fraction of sp³-hybridized carbons (Fsp3) is 0.500. The van der Waals surface area contributed by atoms with E-state index in [4.69, 9.17) is 4.74 Å². The van der Waals surface area contributed by atoms with Gasteiger partial charge in [0.2, 0.25) is 5.91 Å². The van der Waals surface area contributed by atoms with E-state index in [9.17, 15) is 9.90 Å². The minimum Gasteiger partial charge on any atom is -0.497 e. The van der Waals surface area contributed by atoms with E-state index in [1.54, 1.807) is 12.0 Å². The molecule has 98 valence electrons. The van der Waals surface area contributed by atoms with Crippen LogP contribution in [0.15, 0.2) is 24.3 Å². The molecule has 1 unspecified atom stereocenters. The van der Waals surface area contributed by atoms with Gasteiger partial charge < -0.3 is 14.7 Å². The number of piperidine rings is 1. The third-order valence-corrected chi connectivity index (χ3v) is 3.24. The van der Waals surface area contributed by atoms with Crippen LogP contribution in [0, 0.1) is 0 Å². The molecule has 0 bridgehead atoms. The summed E-state index contributed by atoms with van der Waals surface area (Å²) >= 11 is 0. The Morgan fingerprint density at radius 2 is 2.39 bits per heavy atom. The number of ether oxygens (including phenoxy) is 1. The number of amides is 1. The Bertz CT molecular complexity index is 419. The molecule has 0 aromatic heterocycles. The van der Waals surface area contributed by atoms with E-state index in [-0.39, 0.29) is 12.0 Å². The molecule has 1 atom stereocenters. The first-order chi connectivity index (χ1) is 8.69. The second kappa shape index (κ2) is 5.87. The minimum atomic E-state index is -0.368. The topological polar surface area (TPSA) is 49.8 Å². The van der Waals surface area contributed by atoms with Crippen LogP contribution in [-0.4, -0.2) is 42.2 Å². The highest BCUT2D eigenvalue weighted by Crippen LogP contribution is 2.15. The summed E-state index contributed by atoms with van der Waals surface area (Å²) < 4.78 is 5.13. The van der Waals surface area contributed by atoms with Gasteiger partial charge >= 0.3 is 0 Å². The maximum atomic E-state index is 12.1. The Kier molecular flexibility index (Phi) is 4.20. The van der Waals surface area contributed by atoms with Crippen molar-refractivity contribution in [2.24, 2.45) is 0 Å². The van der Waals surface area contributed by atoms with Crippen LogP contribution in [0.5, 0.6) is 5.75 Å². The van der Waals surface area contributed by atoms with Gasteiger partial charge in [0.1, 0.15) is 5.75 Å². The van der Waals surface area contributed by atoms with Crippen molar-refractivity contribution < 1.29 is 14.6 Å². The lowest BCUT2D eigenvalue weighted by molar-refractivity contribution is -0.133. The molecule has 1 aromatic rings. The quantitative estimate of drug-likeness (QED) is 0.876. The van der Waals surface area contributed by atoms with Gasteiger partial charge in [0.25, 0.3) is 0 Å². The number of carbonyl (C=O) groups excluding carboxylic acids is 1. The van der Waals surface area contributed by atoms with Gasteiger partial charge in [-0.25, -0.2) is 0 Å². The summed E-state index contributed by atoms with van der Waals surface area (Å²) in [6.07, 6.45) is 1.67. The molecular weight excluding hydrogens is 230 g/mol. The van der Waals surface area contributed by atoms with Gasteiger partial charge in [-0.1, -0.05) is 12.1 Å². The average Bonchev–Trinajstić information content (AvgIpc) is 2.39. The van der Waals surface area contributed by atoms with E-state index in [2.05, 4.69) is 0 Å². The number of nitrogens with zero attached hydrogens (tertiary/aromatic N) is 1. The average molecular weight is 249 g/mol.